The number of hydrogen-bond donors (Lipinski definition) is 2. The number of carbonyl (C=O) groups is 1. The molecule has 21 heavy (non-hydrogen) atoms. The second-order valence-electron chi connectivity index (χ2n) is 4.79. The van der Waals surface area contributed by atoms with Gasteiger partial charge in [0.1, 0.15) is 0 Å². The number of aromatic nitrogens is 1. The van der Waals surface area contributed by atoms with Crippen molar-refractivity contribution in [2.75, 3.05) is 5.32 Å². The second kappa shape index (κ2) is 6.73. The molecule has 0 fully saturated rings. The molecule has 1 heterocycles. The van der Waals surface area contributed by atoms with E-state index in [1.165, 1.54) is 17.4 Å². The summed E-state index contributed by atoms with van der Waals surface area (Å²) < 4.78 is 26.0. The topological polar surface area (TPSA) is 68.0 Å². The van der Waals surface area contributed by atoms with Crippen molar-refractivity contribution >= 4 is 22.4 Å². The molecule has 1 aromatic heterocycles. The number of benzene rings is 1. The summed E-state index contributed by atoms with van der Waals surface area (Å²) in [5, 5.41) is 3.12. The molecular weight excluding hydrogens is 296 g/mol. The normalized spacial score (nSPS) is 12.2. The molecule has 112 valence electrons. The third kappa shape index (κ3) is 4.57. The van der Waals surface area contributed by atoms with Gasteiger partial charge in [-0.1, -0.05) is 6.07 Å². The van der Waals surface area contributed by atoms with E-state index >= 15 is 0 Å². The molecule has 0 bridgehead atoms. The van der Waals surface area contributed by atoms with Crippen LogP contribution in [-0.2, 0) is 11.2 Å². The van der Waals surface area contributed by atoms with Crippen LogP contribution >= 0.6 is 11.3 Å². The van der Waals surface area contributed by atoms with Crippen LogP contribution in [0.1, 0.15) is 23.8 Å². The maximum Gasteiger partial charge on any atom is 0.227 e. The van der Waals surface area contributed by atoms with Crippen molar-refractivity contribution in [1.29, 1.82) is 0 Å². The lowest BCUT2D eigenvalue weighted by molar-refractivity contribution is -0.116. The summed E-state index contributed by atoms with van der Waals surface area (Å²) in [5.41, 5.74) is 6.18. The van der Waals surface area contributed by atoms with Gasteiger partial charge in [0.25, 0.3) is 0 Å². The third-order valence-corrected chi connectivity index (χ3v) is 3.58. The van der Waals surface area contributed by atoms with E-state index in [2.05, 4.69) is 10.3 Å². The van der Waals surface area contributed by atoms with Gasteiger partial charge < -0.3 is 11.1 Å². The number of nitrogens with zero attached hydrogens (tertiary/aromatic N) is 1. The highest BCUT2D eigenvalue weighted by atomic mass is 32.1. The van der Waals surface area contributed by atoms with Gasteiger partial charge in [-0.3, -0.25) is 4.79 Å². The van der Waals surface area contributed by atoms with E-state index in [9.17, 15) is 13.6 Å². The Kier molecular flexibility index (Phi) is 4.98. The molecular formula is C14H15F2N3OS. The molecule has 1 aromatic carbocycles. The third-order valence-electron chi connectivity index (χ3n) is 2.67. The Morgan fingerprint density at radius 2 is 2.19 bits per heavy atom. The predicted octanol–water partition coefficient (Wildman–Crippen LogP) is 2.69. The number of rotatable bonds is 5. The molecule has 7 heteroatoms. The van der Waals surface area contributed by atoms with E-state index in [1.807, 2.05) is 0 Å². The van der Waals surface area contributed by atoms with E-state index in [-0.39, 0.29) is 18.4 Å². The minimum absolute atomic E-state index is 0.196. The first-order chi connectivity index (χ1) is 9.94. The molecule has 1 atom stereocenters. The maximum absolute atomic E-state index is 13.1. The summed E-state index contributed by atoms with van der Waals surface area (Å²) in [4.78, 5) is 16.5. The Labute approximate surface area is 125 Å². The summed E-state index contributed by atoms with van der Waals surface area (Å²) in [6.45, 7) is 1.75. The molecule has 2 rings (SSSR count). The molecule has 2 aromatic rings. The van der Waals surface area contributed by atoms with Gasteiger partial charge in [-0.15, -0.1) is 11.3 Å². The van der Waals surface area contributed by atoms with Crippen LogP contribution in [0, 0.1) is 11.6 Å². The first kappa shape index (κ1) is 15.5. The minimum atomic E-state index is -0.873. The van der Waals surface area contributed by atoms with E-state index in [0.29, 0.717) is 17.1 Å². The van der Waals surface area contributed by atoms with Crippen LogP contribution in [0.5, 0.6) is 0 Å². The lowest BCUT2D eigenvalue weighted by Gasteiger charge is -2.03. The van der Waals surface area contributed by atoms with Crippen molar-refractivity contribution < 1.29 is 13.6 Å². The van der Waals surface area contributed by atoms with Crippen LogP contribution in [-0.4, -0.2) is 16.9 Å². The van der Waals surface area contributed by atoms with Gasteiger partial charge in [-0.05, 0) is 24.6 Å². The van der Waals surface area contributed by atoms with Crippen molar-refractivity contribution in [3.8, 4) is 0 Å². The highest BCUT2D eigenvalue weighted by molar-refractivity contribution is 7.15. The molecule has 1 amide bonds. The number of nitrogens with one attached hydrogen (secondary N) is 1. The standard InChI is InChI=1S/C14H15F2N3OS/c1-8(17)4-13(20)19-14-18-7-10(21-14)5-9-2-3-11(15)12(16)6-9/h2-3,6-8H,4-5,17H2,1H3,(H,18,19,20). The second-order valence-corrected chi connectivity index (χ2v) is 5.90. The van der Waals surface area contributed by atoms with Gasteiger partial charge in [0.15, 0.2) is 16.8 Å². The highest BCUT2D eigenvalue weighted by Gasteiger charge is 2.10. The zero-order valence-electron chi connectivity index (χ0n) is 11.4. The van der Waals surface area contributed by atoms with E-state index < -0.39 is 11.6 Å². The number of carbonyl (C=O) groups excluding carboxylic acids is 1. The number of nitrogens with two attached hydrogens (primary N) is 1. The Morgan fingerprint density at radius 1 is 1.43 bits per heavy atom. The number of hydrogen-bond acceptors (Lipinski definition) is 4. The first-order valence-corrected chi connectivity index (χ1v) is 7.19. The van der Waals surface area contributed by atoms with E-state index in [0.717, 1.165) is 17.0 Å². The molecule has 0 radical (unpaired) electrons. The van der Waals surface area contributed by atoms with Crippen LogP contribution in [0.4, 0.5) is 13.9 Å². The lowest BCUT2D eigenvalue weighted by Crippen LogP contribution is -2.23. The largest absolute Gasteiger partial charge is 0.327 e. The summed E-state index contributed by atoms with van der Waals surface area (Å²) in [7, 11) is 0. The SMILES string of the molecule is CC(N)CC(=O)Nc1ncc(Cc2ccc(F)c(F)c2)s1. The zero-order chi connectivity index (χ0) is 15.4. The molecule has 0 aliphatic heterocycles. The molecule has 0 saturated heterocycles. The summed E-state index contributed by atoms with van der Waals surface area (Å²) >= 11 is 1.29. The molecule has 0 saturated carbocycles. The fraction of sp³-hybridized carbons (Fsp3) is 0.286. The smallest absolute Gasteiger partial charge is 0.227 e. The van der Waals surface area contributed by atoms with Gasteiger partial charge in [0.2, 0.25) is 5.91 Å². The van der Waals surface area contributed by atoms with Gasteiger partial charge >= 0.3 is 0 Å². The van der Waals surface area contributed by atoms with Crippen LogP contribution < -0.4 is 11.1 Å². The summed E-state index contributed by atoms with van der Waals surface area (Å²) in [5.74, 6) is -1.94. The number of thiazole rings is 1. The lowest BCUT2D eigenvalue weighted by atomic mass is 10.1. The van der Waals surface area contributed by atoms with Gasteiger partial charge in [0.05, 0.1) is 0 Å². The summed E-state index contributed by atoms with van der Waals surface area (Å²) in [6.07, 6.45) is 2.25. The number of anilines is 1. The monoisotopic (exact) mass is 311 g/mol. The molecule has 0 spiro atoms. The Balaban J connectivity index is 1.99. The minimum Gasteiger partial charge on any atom is -0.327 e. The molecule has 3 N–H and O–H groups in total. The Hall–Kier alpha value is -1.86. The zero-order valence-corrected chi connectivity index (χ0v) is 12.2. The van der Waals surface area contributed by atoms with E-state index in [4.69, 9.17) is 5.73 Å². The summed E-state index contributed by atoms with van der Waals surface area (Å²) in [6, 6.07) is 3.55. The van der Waals surface area contributed by atoms with Crippen LogP contribution in [0.25, 0.3) is 0 Å². The van der Waals surface area contributed by atoms with Crippen molar-refractivity contribution in [2.24, 2.45) is 5.73 Å². The van der Waals surface area contributed by atoms with Crippen molar-refractivity contribution in [3.05, 3.63) is 46.5 Å². The fourth-order valence-electron chi connectivity index (χ4n) is 1.76. The number of amides is 1. The van der Waals surface area contributed by atoms with Crippen LogP contribution in [0.3, 0.4) is 0 Å². The van der Waals surface area contributed by atoms with Crippen molar-refractivity contribution in [3.63, 3.8) is 0 Å². The van der Waals surface area contributed by atoms with Crippen LogP contribution in [0.15, 0.2) is 24.4 Å². The van der Waals surface area contributed by atoms with Crippen molar-refractivity contribution in [1.82, 2.24) is 4.98 Å². The quantitative estimate of drug-likeness (QED) is 0.892. The molecule has 4 nitrogen and oxygen atoms in total. The van der Waals surface area contributed by atoms with Gasteiger partial charge in [-0.2, -0.15) is 0 Å². The van der Waals surface area contributed by atoms with E-state index in [1.54, 1.807) is 13.1 Å². The maximum atomic E-state index is 13.1. The average Bonchev–Trinajstić information content (AvgIpc) is 2.80. The highest BCUT2D eigenvalue weighted by Crippen LogP contribution is 2.22. The van der Waals surface area contributed by atoms with Crippen LogP contribution in [0.2, 0.25) is 0 Å². The molecule has 0 aliphatic rings. The Morgan fingerprint density at radius 3 is 2.86 bits per heavy atom. The van der Waals surface area contributed by atoms with Crippen molar-refractivity contribution in [2.45, 2.75) is 25.8 Å². The molecule has 0 aliphatic carbocycles. The first-order valence-electron chi connectivity index (χ1n) is 6.38. The Bertz CT molecular complexity index is 643. The number of halogens is 2. The predicted molar refractivity (Wildman–Crippen MR) is 78.2 cm³/mol. The van der Waals surface area contributed by atoms with Gasteiger partial charge in [0, 0.05) is 30.0 Å². The fourth-order valence-corrected chi connectivity index (χ4v) is 2.62. The molecule has 1 unspecified atom stereocenters. The average molecular weight is 311 g/mol. The van der Waals surface area contributed by atoms with Gasteiger partial charge in [-0.25, -0.2) is 13.8 Å².